The second-order valence-electron chi connectivity index (χ2n) is 6.38. The van der Waals surface area contributed by atoms with E-state index in [4.69, 9.17) is 21.4 Å². The third-order valence-corrected chi connectivity index (χ3v) is 7.25. The number of hydrogen-bond acceptors (Lipinski definition) is 6. The average Bonchev–Trinajstić information content (AvgIpc) is 3.29. The number of thiazole rings is 1. The highest BCUT2D eigenvalue weighted by Crippen LogP contribution is 2.30. The quantitative estimate of drug-likeness (QED) is 0.474. The predicted octanol–water partition coefficient (Wildman–Crippen LogP) is 4.13. The monoisotopic (exact) mass is 450 g/mol. The molecule has 0 bridgehead atoms. The lowest BCUT2D eigenvalue weighted by atomic mass is 10.2. The molecule has 4 rings (SSSR count). The summed E-state index contributed by atoms with van der Waals surface area (Å²) in [5.41, 5.74) is 3.11. The molecular weight excluding hydrogens is 436 g/mol. The van der Waals surface area contributed by atoms with Gasteiger partial charge in [-0.05, 0) is 49.4 Å². The molecule has 150 valence electrons. The van der Waals surface area contributed by atoms with E-state index in [2.05, 4.69) is 4.98 Å². The Morgan fingerprint density at radius 3 is 2.83 bits per heavy atom. The van der Waals surface area contributed by atoms with Crippen LogP contribution in [0, 0.1) is 0 Å². The second kappa shape index (κ2) is 7.42. The van der Waals surface area contributed by atoms with Gasteiger partial charge in [0.15, 0.2) is 6.10 Å². The molecule has 0 fully saturated rings. The van der Waals surface area contributed by atoms with Gasteiger partial charge in [0.2, 0.25) is 0 Å². The van der Waals surface area contributed by atoms with Gasteiger partial charge in [-0.2, -0.15) is 0 Å². The lowest BCUT2D eigenvalue weighted by Gasteiger charge is -2.14. The molecule has 1 unspecified atom stereocenters. The molecule has 2 heterocycles. The molecule has 0 aliphatic carbocycles. The number of carbonyl (C=O) groups is 1. The maximum absolute atomic E-state index is 13.5. The van der Waals surface area contributed by atoms with E-state index >= 15 is 0 Å². The minimum Gasteiger partial charge on any atom is -0.479 e. The van der Waals surface area contributed by atoms with Crippen molar-refractivity contribution in [1.82, 2.24) is 8.96 Å². The maximum Gasteiger partial charge on any atom is 0.332 e. The first-order valence-corrected chi connectivity index (χ1v) is 11.2. The van der Waals surface area contributed by atoms with Gasteiger partial charge >= 0.3 is 5.97 Å². The van der Waals surface area contributed by atoms with E-state index in [9.17, 15) is 13.2 Å². The number of aromatic nitrogens is 2. The van der Waals surface area contributed by atoms with Crippen molar-refractivity contribution in [2.45, 2.75) is 24.5 Å². The van der Waals surface area contributed by atoms with Crippen molar-refractivity contribution in [3.8, 4) is 0 Å². The maximum atomic E-state index is 13.5. The molecule has 0 aliphatic rings. The summed E-state index contributed by atoms with van der Waals surface area (Å²) in [7, 11) is -3.98. The molecule has 0 amide bonds. The van der Waals surface area contributed by atoms with Crippen molar-refractivity contribution in [3.63, 3.8) is 0 Å². The van der Waals surface area contributed by atoms with Crippen LogP contribution in [0.4, 0.5) is 0 Å². The molecule has 10 heteroatoms. The van der Waals surface area contributed by atoms with Crippen LogP contribution in [0.3, 0.4) is 0 Å². The number of ether oxygens (including phenoxy) is 1. The molecule has 0 radical (unpaired) electrons. The van der Waals surface area contributed by atoms with Crippen molar-refractivity contribution in [2.24, 2.45) is 0 Å². The normalized spacial score (nSPS) is 13.2. The summed E-state index contributed by atoms with van der Waals surface area (Å²) in [6, 6.07) is 11.2. The third kappa shape index (κ3) is 3.62. The van der Waals surface area contributed by atoms with Gasteiger partial charge in [-0.25, -0.2) is 22.2 Å². The van der Waals surface area contributed by atoms with E-state index in [1.165, 1.54) is 28.3 Å². The van der Waals surface area contributed by atoms with Crippen LogP contribution in [0.1, 0.15) is 12.6 Å². The molecule has 29 heavy (non-hydrogen) atoms. The number of carboxylic acids is 1. The SMILES string of the molecule is CC(OCc1cc2cc(Cl)ccc2n1S(=O)(=O)c1ccc2ncsc2c1)C(=O)O. The van der Waals surface area contributed by atoms with Crippen LogP contribution >= 0.6 is 22.9 Å². The number of fused-ring (bicyclic) bond motifs is 2. The summed E-state index contributed by atoms with van der Waals surface area (Å²) < 4.78 is 34.3. The highest BCUT2D eigenvalue weighted by molar-refractivity contribution is 7.90. The number of aliphatic carboxylic acids is 1. The number of benzene rings is 2. The molecule has 1 N–H and O–H groups in total. The molecule has 2 aromatic carbocycles. The summed E-state index contributed by atoms with van der Waals surface area (Å²) in [5.74, 6) is -1.13. The van der Waals surface area contributed by atoms with Crippen molar-refractivity contribution in [1.29, 1.82) is 0 Å². The molecule has 2 aromatic heterocycles. The van der Waals surface area contributed by atoms with E-state index in [1.54, 1.807) is 41.9 Å². The average molecular weight is 451 g/mol. The first kappa shape index (κ1) is 19.8. The van der Waals surface area contributed by atoms with Gasteiger partial charge in [0.1, 0.15) is 0 Å². The zero-order valence-corrected chi connectivity index (χ0v) is 17.5. The lowest BCUT2D eigenvalue weighted by Crippen LogP contribution is -2.22. The highest BCUT2D eigenvalue weighted by Gasteiger charge is 2.25. The van der Waals surface area contributed by atoms with Crippen LogP contribution < -0.4 is 0 Å². The fourth-order valence-electron chi connectivity index (χ4n) is 2.99. The summed E-state index contributed by atoms with van der Waals surface area (Å²) in [6.07, 6.45) is -1.08. The van der Waals surface area contributed by atoms with Gasteiger partial charge in [0, 0.05) is 10.4 Å². The molecule has 0 aliphatic heterocycles. The Hall–Kier alpha value is -2.46. The summed E-state index contributed by atoms with van der Waals surface area (Å²) in [4.78, 5) is 15.3. The highest BCUT2D eigenvalue weighted by atomic mass is 35.5. The number of hydrogen-bond donors (Lipinski definition) is 1. The third-order valence-electron chi connectivity index (χ3n) is 4.46. The Balaban J connectivity index is 1.87. The van der Waals surface area contributed by atoms with Crippen molar-refractivity contribution in [3.05, 3.63) is 58.7 Å². The van der Waals surface area contributed by atoms with E-state index in [0.717, 1.165) is 10.2 Å². The molecule has 1 atom stereocenters. The van der Waals surface area contributed by atoms with Crippen molar-refractivity contribution in [2.75, 3.05) is 0 Å². The van der Waals surface area contributed by atoms with Gasteiger partial charge in [0.25, 0.3) is 10.0 Å². The Morgan fingerprint density at radius 2 is 2.07 bits per heavy atom. The second-order valence-corrected chi connectivity index (χ2v) is 9.49. The number of halogens is 1. The predicted molar refractivity (Wildman–Crippen MR) is 111 cm³/mol. The first-order valence-electron chi connectivity index (χ1n) is 8.50. The summed E-state index contributed by atoms with van der Waals surface area (Å²) in [5, 5.41) is 10.1. The largest absolute Gasteiger partial charge is 0.479 e. The van der Waals surface area contributed by atoms with Crippen molar-refractivity contribution >= 4 is 60.0 Å². The molecule has 4 aromatic rings. The first-order chi connectivity index (χ1) is 13.8. The van der Waals surface area contributed by atoms with E-state index in [0.29, 0.717) is 21.6 Å². The van der Waals surface area contributed by atoms with Crippen LogP contribution in [0.15, 0.2) is 52.9 Å². The molecule has 0 saturated carbocycles. The molecule has 0 saturated heterocycles. The number of nitrogens with zero attached hydrogens (tertiary/aromatic N) is 2. The molecule has 0 spiro atoms. The van der Waals surface area contributed by atoms with Crippen LogP contribution in [0.5, 0.6) is 0 Å². The Bertz CT molecular complexity index is 1340. The van der Waals surface area contributed by atoms with Gasteiger partial charge in [0.05, 0.1) is 38.4 Å². The van der Waals surface area contributed by atoms with Crippen LogP contribution in [0.25, 0.3) is 21.1 Å². The molecular formula is C19H15ClN2O5S2. The molecule has 7 nitrogen and oxygen atoms in total. The fraction of sp³-hybridized carbons (Fsp3) is 0.158. The number of carboxylic acid groups (broad SMARTS) is 1. The van der Waals surface area contributed by atoms with Gasteiger partial charge < -0.3 is 9.84 Å². The van der Waals surface area contributed by atoms with Crippen LogP contribution in [-0.2, 0) is 26.2 Å². The van der Waals surface area contributed by atoms with Gasteiger partial charge in [-0.3, -0.25) is 0 Å². The zero-order valence-electron chi connectivity index (χ0n) is 15.1. The van der Waals surface area contributed by atoms with E-state index < -0.39 is 22.1 Å². The fourth-order valence-corrected chi connectivity index (χ4v) is 5.51. The van der Waals surface area contributed by atoms with E-state index in [-0.39, 0.29) is 11.5 Å². The Morgan fingerprint density at radius 1 is 1.28 bits per heavy atom. The van der Waals surface area contributed by atoms with Gasteiger partial charge in [-0.1, -0.05) is 11.6 Å². The van der Waals surface area contributed by atoms with Crippen molar-refractivity contribution < 1.29 is 23.1 Å². The summed E-state index contributed by atoms with van der Waals surface area (Å²) >= 11 is 7.41. The van der Waals surface area contributed by atoms with E-state index in [1.807, 2.05) is 0 Å². The standard InChI is InChI=1S/C19H15ClN2O5S2/c1-11(19(23)24)27-9-14-7-12-6-13(20)2-5-17(12)22(14)29(25,26)15-3-4-16-18(8-15)28-10-21-16/h2-8,10-11H,9H2,1H3,(H,23,24). The smallest absolute Gasteiger partial charge is 0.332 e. The van der Waals surface area contributed by atoms with Crippen LogP contribution in [-0.4, -0.2) is 34.6 Å². The summed E-state index contributed by atoms with van der Waals surface area (Å²) in [6.45, 7) is 1.19. The topological polar surface area (TPSA) is 98.5 Å². The lowest BCUT2D eigenvalue weighted by molar-refractivity contribution is -0.149. The minimum atomic E-state index is -3.98. The zero-order chi connectivity index (χ0) is 20.8. The Kier molecular flexibility index (Phi) is 5.07. The Labute approximate surface area is 175 Å². The van der Waals surface area contributed by atoms with Crippen LogP contribution in [0.2, 0.25) is 5.02 Å². The number of rotatable bonds is 6. The minimum absolute atomic E-state index is 0.106. The van der Waals surface area contributed by atoms with Gasteiger partial charge in [-0.15, -0.1) is 11.3 Å².